The summed E-state index contributed by atoms with van der Waals surface area (Å²) in [4.78, 5) is 10.4. The number of nitrogens with one attached hydrogen (secondary N) is 3. The maximum absolute atomic E-state index is 12.3. The zero-order valence-electron chi connectivity index (χ0n) is 15.3. The van der Waals surface area contributed by atoms with Gasteiger partial charge in [-0.25, -0.2) is 23.1 Å². The van der Waals surface area contributed by atoms with Gasteiger partial charge in [-0.15, -0.1) is 0 Å². The zero-order chi connectivity index (χ0) is 20.3. The van der Waals surface area contributed by atoms with Crippen LogP contribution in [0.5, 0.6) is 0 Å². The number of halogens is 1. The fourth-order valence-electron chi connectivity index (χ4n) is 2.79. The molecule has 0 saturated carbocycles. The molecule has 0 spiro atoms. The van der Waals surface area contributed by atoms with E-state index in [1.807, 2.05) is 11.8 Å². The third kappa shape index (κ3) is 3.94. The summed E-state index contributed by atoms with van der Waals surface area (Å²) >= 11 is 3.36. The van der Waals surface area contributed by atoms with Gasteiger partial charge in [0.05, 0.1) is 28.3 Å². The Morgan fingerprint density at radius 3 is 2.79 bits per heavy atom. The molecule has 0 fully saturated rings. The molecule has 3 aromatic rings. The molecule has 28 heavy (non-hydrogen) atoms. The summed E-state index contributed by atoms with van der Waals surface area (Å²) < 4.78 is 27.4. The van der Waals surface area contributed by atoms with Crippen LogP contribution < -0.4 is 14.9 Å². The van der Waals surface area contributed by atoms with E-state index in [1.165, 1.54) is 25.5 Å². The van der Waals surface area contributed by atoms with Crippen molar-refractivity contribution in [3.05, 3.63) is 29.1 Å². The fourth-order valence-corrected chi connectivity index (χ4v) is 4.01. The first-order valence-electron chi connectivity index (χ1n) is 8.46. The highest BCUT2D eigenvalue weighted by molar-refractivity contribution is 9.10. The Balaban J connectivity index is 2.15. The largest absolute Gasteiger partial charge is 0.395 e. The van der Waals surface area contributed by atoms with Crippen molar-refractivity contribution in [1.29, 1.82) is 0 Å². The molecule has 0 aliphatic carbocycles. The second-order valence-electron chi connectivity index (χ2n) is 5.78. The number of hydrogen-bond acceptors (Lipinski definition) is 8. The Morgan fingerprint density at radius 1 is 1.32 bits per heavy atom. The molecule has 150 valence electrons. The summed E-state index contributed by atoms with van der Waals surface area (Å²) in [5, 5.41) is 20.1. The van der Waals surface area contributed by atoms with Crippen molar-refractivity contribution in [2.45, 2.75) is 11.8 Å². The average Bonchev–Trinajstić information content (AvgIpc) is 3.08. The van der Waals surface area contributed by atoms with E-state index >= 15 is 0 Å². The smallest absolute Gasteiger partial charge is 0.240 e. The second kappa shape index (κ2) is 8.39. The number of hydrogen-bond donors (Lipinski definition) is 4. The van der Waals surface area contributed by atoms with Gasteiger partial charge in [0.2, 0.25) is 10.0 Å². The monoisotopic (exact) mass is 469 g/mol. The highest BCUT2D eigenvalue weighted by Crippen LogP contribution is 2.34. The minimum atomic E-state index is -3.63. The Labute approximate surface area is 170 Å². The number of H-pyrrole nitrogens is 1. The maximum atomic E-state index is 12.3. The zero-order valence-corrected chi connectivity index (χ0v) is 17.7. The molecule has 1 aromatic carbocycles. The topological polar surface area (TPSA) is 136 Å². The van der Waals surface area contributed by atoms with E-state index in [9.17, 15) is 13.5 Å². The van der Waals surface area contributed by atoms with Crippen LogP contribution in [0.3, 0.4) is 0 Å². The average molecular weight is 470 g/mol. The number of fused-ring (bicyclic) bond motifs is 1. The van der Waals surface area contributed by atoms with E-state index < -0.39 is 10.0 Å². The molecule has 10 nitrogen and oxygen atoms in total. The van der Waals surface area contributed by atoms with Gasteiger partial charge in [-0.2, -0.15) is 5.10 Å². The van der Waals surface area contributed by atoms with Crippen LogP contribution in [0.15, 0.2) is 34.0 Å². The Bertz CT molecular complexity index is 1090. The Kier molecular flexibility index (Phi) is 6.13. The second-order valence-corrected chi connectivity index (χ2v) is 8.41. The predicted molar refractivity (Wildman–Crippen MR) is 110 cm³/mol. The molecule has 0 amide bonds. The predicted octanol–water partition coefficient (Wildman–Crippen LogP) is 1.59. The van der Waals surface area contributed by atoms with Gasteiger partial charge in [-0.1, -0.05) is 0 Å². The van der Waals surface area contributed by atoms with Crippen LogP contribution in [0.25, 0.3) is 11.0 Å². The van der Waals surface area contributed by atoms with Crippen LogP contribution in [-0.4, -0.2) is 60.4 Å². The number of benzene rings is 1. The SMILES string of the molecule is CCN(CCO)c1ccc(S(=O)(=O)NC)cc1Nc1ncnc2[nH]nc(Br)c12. The van der Waals surface area contributed by atoms with Crippen LogP contribution in [-0.2, 0) is 10.0 Å². The van der Waals surface area contributed by atoms with Gasteiger partial charge in [0, 0.05) is 13.1 Å². The van der Waals surface area contributed by atoms with Gasteiger partial charge in [0.25, 0.3) is 0 Å². The number of sulfonamides is 1. The van der Waals surface area contributed by atoms with Crippen molar-refractivity contribution in [2.75, 3.05) is 37.0 Å². The lowest BCUT2D eigenvalue weighted by atomic mass is 10.2. The van der Waals surface area contributed by atoms with E-state index in [0.29, 0.717) is 40.2 Å². The van der Waals surface area contributed by atoms with Gasteiger partial charge in [-0.05, 0) is 48.1 Å². The van der Waals surface area contributed by atoms with Crippen molar-refractivity contribution in [2.24, 2.45) is 0 Å². The summed E-state index contributed by atoms with van der Waals surface area (Å²) in [6.45, 7) is 2.95. The van der Waals surface area contributed by atoms with E-state index in [-0.39, 0.29) is 11.5 Å². The highest BCUT2D eigenvalue weighted by atomic mass is 79.9. The minimum absolute atomic E-state index is 0.0329. The summed E-state index contributed by atoms with van der Waals surface area (Å²) in [5.41, 5.74) is 1.80. The van der Waals surface area contributed by atoms with E-state index in [0.717, 1.165) is 5.69 Å². The summed E-state index contributed by atoms with van der Waals surface area (Å²) in [5.74, 6) is 0.464. The quantitative estimate of drug-likeness (QED) is 0.390. The summed E-state index contributed by atoms with van der Waals surface area (Å²) in [6, 6.07) is 4.76. The molecule has 0 aliphatic rings. The lowest BCUT2D eigenvalue weighted by Crippen LogP contribution is -2.27. The van der Waals surface area contributed by atoms with Crippen LogP contribution in [0.2, 0.25) is 0 Å². The summed E-state index contributed by atoms with van der Waals surface area (Å²) in [7, 11) is -2.27. The van der Waals surface area contributed by atoms with Gasteiger partial charge < -0.3 is 15.3 Å². The third-order valence-electron chi connectivity index (χ3n) is 4.21. The minimum Gasteiger partial charge on any atom is -0.395 e. The molecule has 4 N–H and O–H groups in total. The Hall–Kier alpha value is -2.28. The van der Waals surface area contributed by atoms with Crippen molar-refractivity contribution in [3.8, 4) is 0 Å². The van der Waals surface area contributed by atoms with Crippen molar-refractivity contribution in [3.63, 3.8) is 0 Å². The number of likely N-dealkylation sites (N-methyl/N-ethyl adjacent to an activating group) is 1. The van der Waals surface area contributed by atoms with Gasteiger partial charge >= 0.3 is 0 Å². The van der Waals surface area contributed by atoms with Crippen molar-refractivity contribution >= 4 is 54.2 Å². The number of nitrogens with zero attached hydrogens (tertiary/aromatic N) is 4. The maximum Gasteiger partial charge on any atom is 0.240 e. The molecule has 2 aromatic heterocycles. The molecule has 0 atom stereocenters. The van der Waals surface area contributed by atoms with E-state index in [1.54, 1.807) is 6.07 Å². The van der Waals surface area contributed by atoms with Crippen LogP contribution >= 0.6 is 15.9 Å². The number of anilines is 3. The molecular formula is C16H20BrN7O3S. The molecule has 0 aliphatic heterocycles. The van der Waals surface area contributed by atoms with Crippen LogP contribution in [0.4, 0.5) is 17.2 Å². The normalized spacial score (nSPS) is 11.7. The number of aliphatic hydroxyl groups excluding tert-OH is 1. The first-order valence-corrected chi connectivity index (χ1v) is 10.7. The highest BCUT2D eigenvalue weighted by Gasteiger charge is 2.19. The molecule has 0 radical (unpaired) electrons. The van der Waals surface area contributed by atoms with E-state index in [2.05, 4.69) is 46.1 Å². The van der Waals surface area contributed by atoms with E-state index in [4.69, 9.17) is 0 Å². The van der Waals surface area contributed by atoms with Gasteiger partial charge in [0.15, 0.2) is 5.65 Å². The number of aliphatic hydroxyl groups is 1. The van der Waals surface area contributed by atoms with Crippen molar-refractivity contribution < 1.29 is 13.5 Å². The molecule has 3 rings (SSSR count). The third-order valence-corrected chi connectivity index (χ3v) is 6.19. The summed E-state index contributed by atoms with van der Waals surface area (Å²) in [6.07, 6.45) is 1.38. The lowest BCUT2D eigenvalue weighted by molar-refractivity contribution is 0.302. The van der Waals surface area contributed by atoms with Gasteiger partial charge in [0.1, 0.15) is 16.7 Å². The standard InChI is InChI=1S/C16H20BrN7O3S/c1-3-24(6-7-25)12-5-4-10(28(26,27)18-2)8-11(12)21-15-13-14(17)22-23-16(13)20-9-19-15/h4-5,8-9,18,25H,3,6-7H2,1-2H3,(H2,19,20,21,22,23). The number of aromatic amines is 1. The molecule has 0 saturated heterocycles. The number of aromatic nitrogens is 4. The molecule has 0 bridgehead atoms. The molecule has 0 unspecified atom stereocenters. The first-order chi connectivity index (χ1) is 13.4. The molecule has 2 heterocycles. The fraction of sp³-hybridized carbons (Fsp3) is 0.312. The molecule has 12 heteroatoms. The lowest BCUT2D eigenvalue weighted by Gasteiger charge is -2.25. The Morgan fingerprint density at radius 2 is 2.11 bits per heavy atom. The first kappa shape index (κ1) is 20.5. The van der Waals surface area contributed by atoms with Crippen molar-refractivity contribution in [1.82, 2.24) is 24.9 Å². The molecular weight excluding hydrogens is 450 g/mol. The van der Waals surface area contributed by atoms with Gasteiger partial charge in [-0.3, -0.25) is 5.10 Å². The van der Waals surface area contributed by atoms with Crippen LogP contribution in [0.1, 0.15) is 6.92 Å². The number of rotatable bonds is 8. The van der Waals surface area contributed by atoms with Crippen LogP contribution in [0, 0.1) is 0 Å².